The van der Waals surface area contributed by atoms with Crippen molar-refractivity contribution in [2.45, 2.75) is 13.5 Å². The van der Waals surface area contributed by atoms with E-state index in [-0.39, 0.29) is 0 Å². The fraction of sp³-hybridized carbons (Fsp3) is 0.188. The Morgan fingerprint density at radius 3 is 2.53 bits per heavy atom. The maximum absolute atomic E-state index is 6.23. The first-order valence-corrected chi connectivity index (χ1v) is 6.62. The van der Waals surface area contributed by atoms with Crippen molar-refractivity contribution in [2.75, 3.05) is 12.4 Å². The first-order chi connectivity index (χ1) is 9.22. The minimum absolute atomic E-state index is 0.580. The molecule has 2 aromatic rings. The second-order valence-corrected chi connectivity index (χ2v) is 4.69. The summed E-state index contributed by atoms with van der Waals surface area (Å²) in [5.41, 5.74) is 4.21. The van der Waals surface area contributed by atoms with Crippen molar-refractivity contribution in [3.05, 3.63) is 64.7 Å². The van der Waals surface area contributed by atoms with Crippen LogP contribution in [0.25, 0.3) is 0 Å². The lowest BCUT2D eigenvalue weighted by atomic mass is 10.1. The van der Waals surface area contributed by atoms with E-state index in [1.807, 2.05) is 50.4 Å². The van der Waals surface area contributed by atoms with E-state index >= 15 is 0 Å². The zero-order valence-corrected chi connectivity index (χ0v) is 11.9. The second-order valence-electron chi connectivity index (χ2n) is 4.28. The number of rotatable bonds is 4. The van der Waals surface area contributed by atoms with E-state index in [1.165, 1.54) is 0 Å². The van der Waals surface area contributed by atoms with Crippen LogP contribution in [0.2, 0.25) is 5.02 Å². The van der Waals surface area contributed by atoms with Crippen LogP contribution in [0.5, 0.6) is 0 Å². The molecule has 0 heterocycles. The van der Waals surface area contributed by atoms with Gasteiger partial charge in [-0.3, -0.25) is 4.99 Å². The molecular weight excluding hydrogens is 256 g/mol. The minimum atomic E-state index is 0.580. The van der Waals surface area contributed by atoms with Crippen LogP contribution in [0.4, 0.5) is 5.69 Å². The van der Waals surface area contributed by atoms with Gasteiger partial charge in [0.05, 0.1) is 6.54 Å². The standard InChI is InChI=1S/C16H17ClN2/c1-12(13-7-4-3-5-8-13)19-11-14-15(17)9-6-10-16(14)18-2/h3-10,18H,11H2,1-2H3. The van der Waals surface area contributed by atoms with Crippen LogP contribution in [-0.4, -0.2) is 12.8 Å². The molecule has 2 aromatic carbocycles. The van der Waals surface area contributed by atoms with Crippen LogP contribution in [0.3, 0.4) is 0 Å². The fourth-order valence-electron chi connectivity index (χ4n) is 1.92. The highest BCUT2D eigenvalue weighted by Crippen LogP contribution is 2.25. The van der Waals surface area contributed by atoms with E-state index in [1.54, 1.807) is 0 Å². The maximum Gasteiger partial charge on any atom is 0.0678 e. The summed E-state index contributed by atoms with van der Waals surface area (Å²) < 4.78 is 0. The van der Waals surface area contributed by atoms with Crippen molar-refractivity contribution in [2.24, 2.45) is 4.99 Å². The third-order valence-electron chi connectivity index (χ3n) is 3.05. The van der Waals surface area contributed by atoms with Crippen LogP contribution in [0.1, 0.15) is 18.1 Å². The van der Waals surface area contributed by atoms with E-state index in [9.17, 15) is 0 Å². The smallest absolute Gasteiger partial charge is 0.0678 e. The molecule has 1 N–H and O–H groups in total. The minimum Gasteiger partial charge on any atom is -0.388 e. The van der Waals surface area contributed by atoms with Gasteiger partial charge < -0.3 is 5.32 Å². The molecule has 0 fully saturated rings. The zero-order chi connectivity index (χ0) is 13.7. The third-order valence-corrected chi connectivity index (χ3v) is 3.41. The van der Waals surface area contributed by atoms with Crippen molar-refractivity contribution < 1.29 is 0 Å². The summed E-state index contributed by atoms with van der Waals surface area (Å²) in [5.74, 6) is 0. The van der Waals surface area contributed by atoms with E-state index < -0.39 is 0 Å². The summed E-state index contributed by atoms with van der Waals surface area (Å²) >= 11 is 6.23. The third kappa shape index (κ3) is 3.36. The Morgan fingerprint density at radius 1 is 1.11 bits per heavy atom. The number of nitrogens with one attached hydrogen (secondary N) is 1. The lowest BCUT2D eigenvalue weighted by molar-refractivity contribution is 1.06. The highest BCUT2D eigenvalue weighted by Gasteiger charge is 2.05. The molecular formula is C16H17ClN2. The normalized spacial score (nSPS) is 11.4. The molecule has 98 valence electrons. The van der Waals surface area contributed by atoms with Gasteiger partial charge in [-0.2, -0.15) is 0 Å². The quantitative estimate of drug-likeness (QED) is 0.820. The Balaban J connectivity index is 2.23. The Labute approximate surface area is 119 Å². The van der Waals surface area contributed by atoms with E-state index in [0.717, 1.165) is 27.5 Å². The van der Waals surface area contributed by atoms with Crippen LogP contribution < -0.4 is 5.32 Å². The lowest BCUT2D eigenvalue weighted by Crippen LogP contribution is -1.99. The molecule has 0 saturated carbocycles. The SMILES string of the molecule is CNc1cccc(Cl)c1CN=C(C)c1ccccc1. The molecule has 0 spiro atoms. The van der Waals surface area contributed by atoms with Crippen LogP contribution in [0, 0.1) is 0 Å². The number of halogens is 1. The molecule has 0 atom stereocenters. The summed E-state index contributed by atoms with van der Waals surface area (Å²) in [7, 11) is 1.89. The number of hydrogen-bond donors (Lipinski definition) is 1. The number of aliphatic imine (C=N–C) groups is 1. The van der Waals surface area contributed by atoms with Crippen molar-refractivity contribution in [1.29, 1.82) is 0 Å². The molecule has 2 nitrogen and oxygen atoms in total. The maximum atomic E-state index is 6.23. The van der Waals surface area contributed by atoms with Gasteiger partial charge in [0, 0.05) is 29.0 Å². The van der Waals surface area contributed by atoms with Gasteiger partial charge >= 0.3 is 0 Å². The van der Waals surface area contributed by atoms with Gasteiger partial charge in [-0.05, 0) is 24.6 Å². The average molecular weight is 273 g/mol. The molecule has 19 heavy (non-hydrogen) atoms. The van der Waals surface area contributed by atoms with Crippen LogP contribution >= 0.6 is 11.6 Å². The first kappa shape index (κ1) is 13.6. The fourth-order valence-corrected chi connectivity index (χ4v) is 2.16. The number of hydrogen-bond acceptors (Lipinski definition) is 2. The summed E-state index contributed by atoms with van der Waals surface area (Å²) in [6.07, 6.45) is 0. The van der Waals surface area contributed by atoms with Crippen molar-refractivity contribution in [1.82, 2.24) is 0 Å². The number of benzene rings is 2. The Bertz CT molecular complexity index is 577. The number of anilines is 1. The van der Waals surface area contributed by atoms with Crippen molar-refractivity contribution >= 4 is 23.0 Å². The van der Waals surface area contributed by atoms with Gasteiger partial charge in [-0.15, -0.1) is 0 Å². The zero-order valence-electron chi connectivity index (χ0n) is 11.2. The van der Waals surface area contributed by atoms with Gasteiger partial charge in [-0.25, -0.2) is 0 Å². The van der Waals surface area contributed by atoms with Crippen LogP contribution in [0.15, 0.2) is 53.5 Å². The summed E-state index contributed by atoms with van der Waals surface area (Å²) in [4.78, 5) is 4.63. The molecule has 0 aliphatic carbocycles. The van der Waals surface area contributed by atoms with Gasteiger partial charge in [0.25, 0.3) is 0 Å². The Morgan fingerprint density at radius 2 is 1.84 bits per heavy atom. The number of nitrogens with zero attached hydrogens (tertiary/aromatic N) is 1. The Kier molecular flexibility index (Phi) is 4.58. The lowest BCUT2D eigenvalue weighted by Gasteiger charge is -2.09. The molecule has 2 rings (SSSR count). The van der Waals surface area contributed by atoms with Gasteiger partial charge in [0.1, 0.15) is 0 Å². The predicted molar refractivity (Wildman–Crippen MR) is 83.4 cm³/mol. The van der Waals surface area contributed by atoms with Crippen molar-refractivity contribution in [3.63, 3.8) is 0 Å². The predicted octanol–water partition coefficient (Wildman–Crippen LogP) is 4.39. The average Bonchev–Trinajstić information content (AvgIpc) is 2.46. The monoisotopic (exact) mass is 272 g/mol. The van der Waals surface area contributed by atoms with E-state index in [2.05, 4.69) is 22.4 Å². The topological polar surface area (TPSA) is 24.4 Å². The molecule has 0 aromatic heterocycles. The Hall–Kier alpha value is -1.80. The molecule has 0 bridgehead atoms. The van der Waals surface area contributed by atoms with Gasteiger partial charge in [-0.1, -0.05) is 48.0 Å². The molecule has 3 heteroatoms. The van der Waals surface area contributed by atoms with Crippen LogP contribution in [-0.2, 0) is 6.54 Å². The van der Waals surface area contributed by atoms with E-state index in [4.69, 9.17) is 11.6 Å². The molecule has 0 amide bonds. The highest BCUT2D eigenvalue weighted by molar-refractivity contribution is 6.31. The molecule has 0 aliphatic rings. The summed E-state index contributed by atoms with van der Waals surface area (Å²) in [6.45, 7) is 2.60. The summed E-state index contributed by atoms with van der Waals surface area (Å²) in [5, 5.41) is 3.89. The second kappa shape index (κ2) is 6.39. The molecule has 0 saturated heterocycles. The first-order valence-electron chi connectivity index (χ1n) is 6.24. The molecule has 0 radical (unpaired) electrons. The molecule has 0 aliphatic heterocycles. The highest BCUT2D eigenvalue weighted by atomic mass is 35.5. The van der Waals surface area contributed by atoms with Crippen molar-refractivity contribution in [3.8, 4) is 0 Å². The van der Waals surface area contributed by atoms with E-state index in [0.29, 0.717) is 6.54 Å². The van der Waals surface area contributed by atoms with Gasteiger partial charge in [0.15, 0.2) is 0 Å². The molecule has 0 unspecified atom stereocenters. The largest absolute Gasteiger partial charge is 0.388 e. The van der Waals surface area contributed by atoms with Gasteiger partial charge in [0.2, 0.25) is 0 Å². The summed E-state index contributed by atoms with van der Waals surface area (Å²) in [6, 6.07) is 16.0.